The molecular formula is C21H27NO4. The fraction of sp³-hybridized carbons (Fsp3) is 0.476. The van der Waals surface area contributed by atoms with E-state index >= 15 is 0 Å². The number of methoxy groups -OCH3 is 1. The number of carbonyl (C=O) groups excluding carboxylic acids is 3. The van der Waals surface area contributed by atoms with Crippen LogP contribution in [0.1, 0.15) is 62.4 Å². The smallest absolute Gasteiger partial charge is 0.221 e. The molecule has 0 heterocycles. The van der Waals surface area contributed by atoms with Crippen LogP contribution in [0.4, 0.5) is 0 Å². The van der Waals surface area contributed by atoms with Crippen LogP contribution in [0, 0.1) is 5.41 Å². The van der Waals surface area contributed by atoms with E-state index in [4.69, 9.17) is 4.74 Å². The van der Waals surface area contributed by atoms with E-state index in [-0.39, 0.29) is 29.8 Å². The Morgan fingerprint density at radius 2 is 2.00 bits per heavy atom. The Morgan fingerprint density at radius 3 is 2.54 bits per heavy atom. The van der Waals surface area contributed by atoms with Crippen LogP contribution in [0.25, 0.3) is 0 Å². The van der Waals surface area contributed by atoms with E-state index in [1.54, 1.807) is 26.2 Å². The van der Waals surface area contributed by atoms with Crippen LogP contribution >= 0.6 is 0 Å². The highest BCUT2D eigenvalue weighted by Crippen LogP contribution is 2.37. The van der Waals surface area contributed by atoms with Gasteiger partial charge in [-0.05, 0) is 41.7 Å². The molecule has 1 N–H and O–H groups in total. The first kappa shape index (κ1) is 19.9. The number of ether oxygens (including phenoxy) is 1. The molecule has 1 aromatic carbocycles. The van der Waals surface area contributed by atoms with Crippen LogP contribution in [0.15, 0.2) is 30.4 Å². The molecule has 1 aromatic rings. The highest BCUT2D eigenvalue weighted by molar-refractivity contribution is 6.03. The number of carbonyl (C=O) groups is 3. The first-order valence-electron chi connectivity index (χ1n) is 8.74. The number of hydrogen-bond acceptors (Lipinski definition) is 4. The number of ketones is 2. The number of fused-ring (bicyclic) bond motifs is 1. The summed E-state index contributed by atoms with van der Waals surface area (Å²) in [6.07, 6.45) is 0.451. The van der Waals surface area contributed by atoms with Gasteiger partial charge in [0, 0.05) is 24.3 Å². The monoisotopic (exact) mass is 357 g/mol. The number of rotatable bonds is 6. The molecule has 26 heavy (non-hydrogen) atoms. The van der Waals surface area contributed by atoms with Gasteiger partial charge in [-0.15, -0.1) is 0 Å². The minimum Gasteiger partial charge on any atom is -0.497 e. The number of benzene rings is 1. The van der Waals surface area contributed by atoms with E-state index in [9.17, 15) is 14.4 Å². The first-order chi connectivity index (χ1) is 12.0. The summed E-state index contributed by atoms with van der Waals surface area (Å²) in [5.41, 5.74) is 1.46. The number of nitrogens with one attached hydrogen (secondary N) is 1. The van der Waals surface area contributed by atoms with Gasteiger partial charge in [0.2, 0.25) is 5.91 Å². The third kappa shape index (κ3) is 4.21. The van der Waals surface area contributed by atoms with Crippen molar-refractivity contribution in [2.45, 2.75) is 52.5 Å². The van der Waals surface area contributed by atoms with Crippen molar-refractivity contribution in [2.75, 3.05) is 7.11 Å². The summed E-state index contributed by atoms with van der Waals surface area (Å²) in [6.45, 7) is 11.0. The van der Waals surface area contributed by atoms with Gasteiger partial charge in [0.05, 0.1) is 13.2 Å². The van der Waals surface area contributed by atoms with Gasteiger partial charge < -0.3 is 10.1 Å². The zero-order valence-corrected chi connectivity index (χ0v) is 16.1. The van der Waals surface area contributed by atoms with Gasteiger partial charge >= 0.3 is 0 Å². The maximum Gasteiger partial charge on any atom is 0.221 e. The second-order valence-corrected chi connectivity index (χ2v) is 7.99. The number of Topliss-reactive ketones (excluding diaryl/α,β-unsaturated/α-hetero) is 2. The van der Waals surface area contributed by atoms with Crippen molar-refractivity contribution in [1.29, 1.82) is 0 Å². The van der Waals surface area contributed by atoms with E-state index in [1.165, 1.54) is 0 Å². The van der Waals surface area contributed by atoms with Crippen molar-refractivity contribution in [3.05, 3.63) is 41.5 Å². The quantitative estimate of drug-likeness (QED) is 0.792. The van der Waals surface area contributed by atoms with Gasteiger partial charge in [0.25, 0.3) is 0 Å². The maximum atomic E-state index is 12.6. The van der Waals surface area contributed by atoms with Crippen LogP contribution in [-0.4, -0.2) is 30.6 Å². The molecule has 0 radical (unpaired) electrons. The summed E-state index contributed by atoms with van der Waals surface area (Å²) >= 11 is 0. The highest BCUT2D eigenvalue weighted by Gasteiger charge is 2.35. The molecule has 0 spiro atoms. The molecule has 5 nitrogen and oxygen atoms in total. The molecule has 2 unspecified atom stereocenters. The van der Waals surface area contributed by atoms with Gasteiger partial charge in [-0.25, -0.2) is 0 Å². The Labute approximate surface area is 154 Å². The molecule has 5 heteroatoms. The molecular weight excluding hydrogens is 330 g/mol. The predicted molar refractivity (Wildman–Crippen MR) is 101 cm³/mol. The SMILES string of the molecule is C=C(C)C(=O)C(NC(=O)CC1CC(=O)c2ccc(OC)cc21)C(C)(C)C. The molecule has 0 fully saturated rings. The fourth-order valence-electron chi connectivity index (χ4n) is 3.25. The molecule has 0 aromatic heterocycles. The maximum absolute atomic E-state index is 12.6. The molecule has 1 amide bonds. The Morgan fingerprint density at radius 1 is 1.35 bits per heavy atom. The topological polar surface area (TPSA) is 72.5 Å². The lowest BCUT2D eigenvalue weighted by atomic mass is 9.82. The Kier molecular flexibility index (Phi) is 5.69. The van der Waals surface area contributed by atoms with Crippen molar-refractivity contribution in [3.63, 3.8) is 0 Å². The van der Waals surface area contributed by atoms with E-state index < -0.39 is 11.5 Å². The Bertz CT molecular complexity index is 758. The van der Waals surface area contributed by atoms with Crippen LogP contribution in [0.3, 0.4) is 0 Å². The Hall–Kier alpha value is -2.43. The third-order valence-electron chi connectivity index (χ3n) is 4.72. The summed E-state index contributed by atoms with van der Waals surface area (Å²) in [6, 6.07) is 4.67. The average Bonchev–Trinajstić information content (AvgIpc) is 2.86. The van der Waals surface area contributed by atoms with E-state index in [0.717, 1.165) is 5.56 Å². The van der Waals surface area contributed by atoms with Gasteiger partial charge in [-0.1, -0.05) is 27.4 Å². The van der Waals surface area contributed by atoms with E-state index in [1.807, 2.05) is 26.8 Å². The molecule has 0 aliphatic heterocycles. The molecule has 2 rings (SSSR count). The minimum absolute atomic E-state index is 0.0332. The molecule has 0 bridgehead atoms. The van der Waals surface area contributed by atoms with Crippen molar-refractivity contribution in [1.82, 2.24) is 5.32 Å². The summed E-state index contributed by atoms with van der Waals surface area (Å²) in [5.74, 6) is 0.0799. The second-order valence-electron chi connectivity index (χ2n) is 7.99. The molecule has 140 valence electrons. The number of hydrogen-bond donors (Lipinski definition) is 1. The third-order valence-corrected chi connectivity index (χ3v) is 4.72. The van der Waals surface area contributed by atoms with E-state index in [2.05, 4.69) is 11.9 Å². The summed E-state index contributed by atoms with van der Waals surface area (Å²) < 4.78 is 5.23. The van der Waals surface area contributed by atoms with Gasteiger partial charge in [-0.3, -0.25) is 14.4 Å². The summed E-state index contributed by atoms with van der Waals surface area (Å²) in [4.78, 5) is 37.2. The molecule has 1 aliphatic carbocycles. The zero-order chi connectivity index (χ0) is 19.6. The van der Waals surface area contributed by atoms with Crippen molar-refractivity contribution >= 4 is 17.5 Å². The summed E-state index contributed by atoms with van der Waals surface area (Å²) in [5, 5.41) is 2.85. The second kappa shape index (κ2) is 7.44. The van der Waals surface area contributed by atoms with Gasteiger partial charge in [-0.2, -0.15) is 0 Å². The predicted octanol–water partition coefficient (Wildman–Crippen LogP) is 3.43. The lowest BCUT2D eigenvalue weighted by Gasteiger charge is -2.30. The average molecular weight is 357 g/mol. The lowest BCUT2D eigenvalue weighted by molar-refractivity contribution is -0.128. The number of amides is 1. The van der Waals surface area contributed by atoms with Crippen LogP contribution in [0.2, 0.25) is 0 Å². The van der Waals surface area contributed by atoms with Gasteiger partial charge in [0.1, 0.15) is 5.75 Å². The van der Waals surface area contributed by atoms with Crippen LogP contribution in [0.5, 0.6) is 5.75 Å². The largest absolute Gasteiger partial charge is 0.497 e. The van der Waals surface area contributed by atoms with E-state index in [0.29, 0.717) is 23.3 Å². The minimum atomic E-state index is -0.644. The highest BCUT2D eigenvalue weighted by atomic mass is 16.5. The Balaban J connectivity index is 2.17. The zero-order valence-electron chi connectivity index (χ0n) is 16.1. The molecule has 2 atom stereocenters. The standard InChI is InChI=1S/C21H27NO4/c1-12(2)19(25)20(21(3,4)5)22-18(24)10-13-9-17(23)15-8-7-14(26-6)11-16(13)15/h7-8,11,13,20H,1,9-10H2,2-6H3,(H,22,24). The fourth-order valence-corrected chi connectivity index (χ4v) is 3.25. The molecule has 1 aliphatic rings. The van der Waals surface area contributed by atoms with Crippen LogP contribution < -0.4 is 10.1 Å². The lowest BCUT2D eigenvalue weighted by Crippen LogP contribution is -2.49. The van der Waals surface area contributed by atoms with Crippen LogP contribution in [-0.2, 0) is 9.59 Å². The van der Waals surface area contributed by atoms with Crippen molar-refractivity contribution < 1.29 is 19.1 Å². The van der Waals surface area contributed by atoms with Crippen molar-refractivity contribution in [2.24, 2.45) is 5.41 Å². The summed E-state index contributed by atoms with van der Waals surface area (Å²) in [7, 11) is 1.57. The normalized spacial score (nSPS) is 17.4. The van der Waals surface area contributed by atoms with Gasteiger partial charge in [0.15, 0.2) is 11.6 Å². The van der Waals surface area contributed by atoms with Crippen molar-refractivity contribution in [3.8, 4) is 5.75 Å². The first-order valence-corrected chi connectivity index (χ1v) is 8.74. The molecule has 0 saturated heterocycles. The molecule has 0 saturated carbocycles.